The van der Waals surface area contributed by atoms with Crippen molar-refractivity contribution in [1.82, 2.24) is 14.5 Å². The standard InChI is InChI=1S/C26H28Cl2N4O3S2/c1-37-25(36)32-12-10-31(11-13-32)20-3-5-21(6-4-20)33-15-22-16-34-26(35-22,17-30-9-8-29-18-30)23-7-2-19(27)14-24(23)28/h2-9,14,18,22H,10-13,15-17H2,1H3. The molecule has 11 heteroatoms. The van der Waals surface area contributed by atoms with Gasteiger partial charge < -0.3 is 28.6 Å². The molecule has 196 valence electrons. The molecule has 3 heterocycles. The average molecular weight is 580 g/mol. The summed E-state index contributed by atoms with van der Waals surface area (Å²) in [5.41, 5.74) is 1.90. The average Bonchev–Trinajstić information content (AvgIpc) is 3.58. The van der Waals surface area contributed by atoms with Crippen LogP contribution in [-0.4, -0.2) is 70.5 Å². The number of aromatic nitrogens is 2. The van der Waals surface area contributed by atoms with Crippen molar-refractivity contribution in [1.29, 1.82) is 0 Å². The zero-order valence-electron chi connectivity index (χ0n) is 20.4. The highest BCUT2D eigenvalue weighted by molar-refractivity contribution is 8.22. The van der Waals surface area contributed by atoms with Crippen molar-refractivity contribution in [3.8, 4) is 5.75 Å². The van der Waals surface area contributed by atoms with Gasteiger partial charge in [-0.15, -0.1) is 11.8 Å². The van der Waals surface area contributed by atoms with Crippen LogP contribution in [0.3, 0.4) is 0 Å². The Morgan fingerprint density at radius 3 is 2.62 bits per heavy atom. The largest absolute Gasteiger partial charge is 0.491 e. The molecule has 0 bridgehead atoms. The molecule has 0 spiro atoms. The SMILES string of the molecule is CSC(=S)N1CCN(c2ccc(OCC3COC(Cn4ccnc4)(c4ccc(Cl)cc4Cl)O3)cc2)CC1. The molecule has 0 amide bonds. The van der Waals surface area contributed by atoms with E-state index in [9.17, 15) is 0 Å². The van der Waals surface area contributed by atoms with Crippen molar-refractivity contribution < 1.29 is 14.2 Å². The van der Waals surface area contributed by atoms with E-state index in [-0.39, 0.29) is 6.10 Å². The van der Waals surface area contributed by atoms with E-state index in [1.54, 1.807) is 36.4 Å². The Hall–Kier alpha value is -2.01. The number of ether oxygens (including phenoxy) is 3. The Morgan fingerprint density at radius 1 is 1.16 bits per heavy atom. The number of rotatable bonds is 7. The minimum Gasteiger partial charge on any atom is -0.491 e. The maximum absolute atomic E-state index is 6.55. The molecular weight excluding hydrogens is 551 g/mol. The van der Waals surface area contributed by atoms with Gasteiger partial charge in [-0.3, -0.25) is 0 Å². The molecule has 2 aliphatic rings. The molecular formula is C26H28Cl2N4O3S2. The lowest BCUT2D eigenvalue weighted by Gasteiger charge is -2.37. The fraction of sp³-hybridized carbons (Fsp3) is 0.385. The third-order valence-corrected chi connectivity index (χ3v) is 8.41. The minimum atomic E-state index is -1.07. The maximum atomic E-state index is 6.55. The predicted octanol–water partition coefficient (Wildman–Crippen LogP) is 5.31. The van der Waals surface area contributed by atoms with Crippen LogP contribution in [0.2, 0.25) is 10.0 Å². The van der Waals surface area contributed by atoms with E-state index >= 15 is 0 Å². The fourth-order valence-corrected chi connectivity index (χ4v) is 5.77. The third kappa shape index (κ3) is 6.19. The number of anilines is 1. The van der Waals surface area contributed by atoms with Gasteiger partial charge in [0.15, 0.2) is 0 Å². The lowest BCUT2D eigenvalue weighted by molar-refractivity contribution is -0.189. The number of halogens is 2. The van der Waals surface area contributed by atoms with E-state index in [2.05, 4.69) is 26.9 Å². The van der Waals surface area contributed by atoms with E-state index in [1.807, 2.05) is 35.2 Å². The van der Waals surface area contributed by atoms with Gasteiger partial charge in [-0.05, 0) is 42.7 Å². The number of nitrogens with zero attached hydrogens (tertiary/aromatic N) is 4. The summed E-state index contributed by atoms with van der Waals surface area (Å²) in [4.78, 5) is 8.78. The Balaban J connectivity index is 1.20. The van der Waals surface area contributed by atoms with Gasteiger partial charge in [0, 0.05) is 54.8 Å². The second-order valence-electron chi connectivity index (χ2n) is 8.91. The van der Waals surface area contributed by atoms with Gasteiger partial charge in [0.2, 0.25) is 5.79 Å². The van der Waals surface area contributed by atoms with Gasteiger partial charge in [-0.2, -0.15) is 0 Å². The highest BCUT2D eigenvalue weighted by Crippen LogP contribution is 2.40. The maximum Gasteiger partial charge on any atom is 0.215 e. The first-order chi connectivity index (χ1) is 18.0. The van der Waals surface area contributed by atoms with E-state index in [1.165, 1.54) is 5.69 Å². The van der Waals surface area contributed by atoms with Gasteiger partial charge >= 0.3 is 0 Å². The normalized spacial score (nSPS) is 21.9. The summed E-state index contributed by atoms with van der Waals surface area (Å²) in [6.07, 6.45) is 7.06. The highest BCUT2D eigenvalue weighted by Gasteiger charge is 2.45. The van der Waals surface area contributed by atoms with E-state index < -0.39 is 5.79 Å². The molecule has 5 rings (SSSR count). The zero-order valence-corrected chi connectivity index (χ0v) is 23.5. The third-order valence-electron chi connectivity index (χ3n) is 6.50. The second kappa shape index (κ2) is 11.8. The molecule has 0 N–H and O–H groups in total. The highest BCUT2D eigenvalue weighted by atomic mass is 35.5. The summed E-state index contributed by atoms with van der Waals surface area (Å²) in [7, 11) is 0. The van der Waals surface area contributed by atoms with Crippen LogP contribution in [0.25, 0.3) is 0 Å². The van der Waals surface area contributed by atoms with Crippen molar-refractivity contribution in [3.63, 3.8) is 0 Å². The van der Waals surface area contributed by atoms with Crippen LogP contribution >= 0.6 is 47.2 Å². The number of thiocarbonyl (C=S) groups is 1. The van der Waals surface area contributed by atoms with Crippen molar-refractivity contribution in [3.05, 3.63) is 76.8 Å². The smallest absolute Gasteiger partial charge is 0.215 e. The van der Waals surface area contributed by atoms with Crippen molar-refractivity contribution in [2.24, 2.45) is 0 Å². The zero-order chi connectivity index (χ0) is 25.8. The van der Waals surface area contributed by atoms with Crippen molar-refractivity contribution in [2.45, 2.75) is 18.4 Å². The number of imidazole rings is 1. The molecule has 2 fully saturated rings. The predicted molar refractivity (Wildman–Crippen MR) is 153 cm³/mol. The van der Waals surface area contributed by atoms with Crippen LogP contribution in [-0.2, 0) is 21.8 Å². The quantitative estimate of drug-likeness (QED) is 0.350. The molecule has 2 aromatic carbocycles. The number of hydrogen-bond donors (Lipinski definition) is 0. The summed E-state index contributed by atoms with van der Waals surface area (Å²) in [6.45, 7) is 4.88. The second-order valence-corrected chi connectivity index (χ2v) is 11.2. The van der Waals surface area contributed by atoms with Crippen LogP contribution in [0.4, 0.5) is 5.69 Å². The molecule has 7 nitrogen and oxygen atoms in total. The van der Waals surface area contributed by atoms with E-state index in [0.29, 0.717) is 29.8 Å². The molecule has 0 aliphatic carbocycles. The molecule has 2 atom stereocenters. The Kier molecular flexibility index (Phi) is 8.48. The van der Waals surface area contributed by atoms with E-state index in [4.69, 9.17) is 49.6 Å². The number of thioether (sulfide) groups is 1. The van der Waals surface area contributed by atoms with Crippen molar-refractivity contribution in [2.75, 3.05) is 50.5 Å². The number of piperazine rings is 1. The lowest BCUT2D eigenvalue weighted by atomic mass is 10.1. The van der Waals surface area contributed by atoms with Crippen LogP contribution < -0.4 is 9.64 Å². The fourth-order valence-electron chi connectivity index (χ4n) is 4.59. The molecule has 2 unspecified atom stereocenters. The Morgan fingerprint density at radius 2 is 1.95 bits per heavy atom. The summed E-state index contributed by atoms with van der Waals surface area (Å²) in [5, 5.41) is 1.04. The first kappa shape index (κ1) is 26.6. The summed E-state index contributed by atoms with van der Waals surface area (Å²) < 4.78 is 21.7. The molecule has 2 saturated heterocycles. The number of hydrogen-bond acceptors (Lipinski definition) is 7. The molecule has 37 heavy (non-hydrogen) atoms. The first-order valence-electron chi connectivity index (χ1n) is 12.0. The van der Waals surface area contributed by atoms with Gasteiger partial charge in [0.1, 0.15) is 22.8 Å². The van der Waals surface area contributed by atoms with Gasteiger partial charge in [-0.25, -0.2) is 4.98 Å². The first-order valence-corrected chi connectivity index (χ1v) is 14.4. The number of benzene rings is 2. The minimum absolute atomic E-state index is 0.275. The molecule has 2 aliphatic heterocycles. The van der Waals surface area contributed by atoms with Gasteiger partial charge in [0.05, 0.1) is 24.5 Å². The lowest BCUT2D eigenvalue weighted by Crippen LogP contribution is -2.47. The Labute approximate surface area is 236 Å². The summed E-state index contributed by atoms with van der Waals surface area (Å²) in [5.74, 6) is -0.285. The van der Waals surface area contributed by atoms with E-state index in [0.717, 1.165) is 41.8 Å². The van der Waals surface area contributed by atoms with Crippen LogP contribution in [0.1, 0.15) is 5.56 Å². The molecule has 0 saturated carbocycles. The van der Waals surface area contributed by atoms with Crippen LogP contribution in [0.5, 0.6) is 5.75 Å². The molecule has 0 radical (unpaired) electrons. The van der Waals surface area contributed by atoms with Crippen LogP contribution in [0.15, 0.2) is 61.2 Å². The Bertz CT molecular complexity index is 1210. The molecule has 3 aromatic rings. The van der Waals surface area contributed by atoms with Crippen molar-refractivity contribution >= 4 is 57.2 Å². The van der Waals surface area contributed by atoms with Gasteiger partial charge in [0.25, 0.3) is 0 Å². The van der Waals surface area contributed by atoms with Gasteiger partial charge in [-0.1, -0.05) is 41.5 Å². The monoisotopic (exact) mass is 578 g/mol. The summed E-state index contributed by atoms with van der Waals surface area (Å²) >= 11 is 19.7. The summed E-state index contributed by atoms with van der Waals surface area (Å²) in [6, 6.07) is 13.5. The van der Waals surface area contributed by atoms with Crippen LogP contribution in [0, 0.1) is 0 Å². The molecule has 1 aromatic heterocycles. The topological polar surface area (TPSA) is 52.0 Å².